The van der Waals surface area contributed by atoms with Crippen LogP contribution in [0.15, 0.2) is 41.2 Å². The van der Waals surface area contributed by atoms with E-state index in [9.17, 15) is 14.9 Å². The van der Waals surface area contributed by atoms with Crippen molar-refractivity contribution in [2.45, 2.75) is 44.1 Å². The molecule has 0 spiro atoms. The summed E-state index contributed by atoms with van der Waals surface area (Å²) in [6, 6.07) is 6.45. The maximum Gasteiger partial charge on any atom is 0.269 e. The number of benzene rings is 1. The number of thioether (sulfide) groups is 1. The second-order valence-electron chi connectivity index (χ2n) is 7.95. The summed E-state index contributed by atoms with van der Waals surface area (Å²) in [4.78, 5) is 27.7. The number of Topliss-reactive ketones (excluding diaryl/α,β-unsaturated/α-hetero) is 1. The number of nitro groups is 1. The number of anilines is 1. The van der Waals surface area contributed by atoms with Gasteiger partial charge >= 0.3 is 0 Å². The molecule has 1 aliphatic heterocycles. The highest BCUT2D eigenvalue weighted by atomic mass is 32.2. The molecule has 9 heteroatoms. The second kappa shape index (κ2) is 6.73. The highest BCUT2D eigenvalue weighted by Crippen LogP contribution is 2.43. The molecule has 2 aromatic rings. The molecular weight excluding hydrogens is 378 g/mol. The minimum Gasteiger partial charge on any atom is -0.328 e. The van der Waals surface area contributed by atoms with E-state index in [0.717, 1.165) is 11.3 Å². The van der Waals surface area contributed by atoms with Crippen LogP contribution in [0.2, 0.25) is 0 Å². The molecule has 0 radical (unpaired) electrons. The van der Waals surface area contributed by atoms with Crippen LogP contribution >= 0.6 is 11.8 Å². The first kappa shape index (κ1) is 18.7. The molecule has 0 saturated heterocycles. The Bertz CT molecular complexity index is 997. The Morgan fingerprint density at radius 1 is 1.43 bits per heavy atom. The van der Waals surface area contributed by atoms with Crippen LogP contribution < -0.4 is 5.32 Å². The summed E-state index contributed by atoms with van der Waals surface area (Å²) in [6.07, 6.45) is 2.65. The van der Waals surface area contributed by atoms with Gasteiger partial charge in [-0.25, -0.2) is 4.68 Å². The molecule has 0 fully saturated rings. The number of fused-ring (bicyclic) bond motifs is 2. The lowest BCUT2D eigenvalue weighted by molar-refractivity contribution is -0.384. The highest BCUT2D eigenvalue weighted by Gasteiger charge is 2.42. The van der Waals surface area contributed by atoms with Crippen LogP contribution in [-0.4, -0.2) is 25.5 Å². The number of hydrogen-bond donors (Lipinski definition) is 1. The summed E-state index contributed by atoms with van der Waals surface area (Å²) in [5.41, 5.74) is 1.64. The average Bonchev–Trinajstić information content (AvgIpc) is 3.02. The van der Waals surface area contributed by atoms with E-state index in [1.807, 2.05) is 13.0 Å². The third-order valence-corrected chi connectivity index (χ3v) is 5.99. The van der Waals surface area contributed by atoms with Crippen molar-refractivity contribution in [2.75, 3.05) is 5.32 Å². The number of ketones is 1. The molecule has 2 atom stereocenters. The summed E-state index contributed by atoms with van der Waals surface area (Å²) in [7, 11) is 0. The van der Waals surface area contributed by atoms with E-state index >= 15 is 0 Å². The molecule has 0 unspecified atom stereocenters. The van der Waals surface area contributed by atoms with Crippen LogP contribution in [0.3, 0.4) is 0 Å². The van der Waals surface area contributed by atoms with Crippen molar-refractivity contribution < 1.29 is 9.72 Å². The summed E-state index contributed by atoms with van der Waals surface area (Å²) in [5.74, 6) is 1.14. The van der Waals surface area contributed by atoms with Crippen LogP contribution in [0.4, 0.5) is 11.6 Å². The fourth-order valence-electron chi connectivity index (χ4n) is 3.85. The van der Waals surface area contributed by atoms with Crippen LogP contribution in [0.1, 0.15) is 38.8 Å². The first-order valence-electron chi connectivity index (χ1n) is 9.09. The minimum absolute atomic E-state index is 0.0719. The van der Waals surface area contributed by atoms with E-state index in [0.29, 0.717) is 23.3 Å². The number of nitrogens with one attached hydrogen (secondary N) is 1. The molecule has 0 saturated carbocycles. The van der Waals surface area contributed by atoms with Crippen molar-refractivity contribution in [1.29, 1.82) is 0 Å². The molecule has 8 nitrogen and oxygen atoms in total. The van der Waals surface area contributed by atoms with Gasteiger partial charge in [0.25, 0.3) is 5.69 Å². The molecule has 2 heterocycles. The smallest absolute Gasteiger partial charge is 0.269 e. The maximum absolute atomic E-state index is 12.7. The van der Waals surface area contributed by atoms with E-state index < -0.39 is 4.92 Å². The predicted molar refractivity (Wildman–Crippen MR) is 106 cm³/mol. The Morgan fingerprint density at radius 3 is 2.96 bits per heavy atom. The predicted octanol–water partition coefficient (Wildman–Crippen LogP) is 3.96. The summed E-state index contributed by atoms with van der Waals surface area (Å²) in [6.45, 7) is 6.10. The van der Waals surface area contributed by atoms with E-state index in [1.54, 1.807) is 16.8 Å². The average molecular weight is 399 g/mol. The summed E-state index contributed by atoms with van der Waals surface area (Å²) in [5, 5.41) is 19.3. The topological polar surface area (TPSA) is 103 Å². The molecule has 1 aliphatic carbocycles. The normalized spacial score (nSPS) is 22.7. The molecule has 1 aromatic carbocycles. The van der Waals surface area contributed by atoms with Crippen LogP contribution in [0, 0.1) is 21.4 Å². The quantitative estimate of drug-likeness (QED) is 0.471. The van der Waals surface area contributed by atoms with Gasteiger partial charge in [0.2, 0.25) is 11.1 Å². The number of aromatic nitrogens is 3. The molecule has 146 valence electrons. The van der Waals surface area contributed by atoms with Gasteiger partial charge in [-0.15, -0.1) is 5.10 Å². The number of allylic oxidation sites excluding steroid dienone is 2. The Kier molecular flexibility index (Phi) is 4.49. The van der Waals surface area contributed by atoms with Crippen molar-refractivity contribution >= 4 is 29.2 Å². The molecule has 1 N–H and O–H groups in total. The number of nitro benzene ring substituents is 1. The number of non-ortho nitro benzene ring substituents is 1. The Labute approximate surface area is 166 Å². The van der Waals surface area contributed by atoms with Crippen LogP contribution in [-0.2, 0) is 10.5 Å². The molecular formula is C19H21N5O3S. The van der Waals surface area contributed by atoms with Crippen molar-refractivity contribution in [3.05, 3.63) is 51.7 Å². The van der Waals surface area contributed by atoms with Gasteiger partial charge < -0.3 is 5.32 Å². The Morgan fingerprint density at radius 2 is 2.21 bits per heavy atom. The number of hydrogen-bond acceptors (Lipinski definition) is 7. The fourth-order valence-corrected chi connectivity index (χ4v) is 4.62. The summed E-state index contributed by atoms with van der Waals surface area (Å²) >= 11 is 1.41. The number of carbonyl (C=O) groups is 1. The zero-order valence-electron chi connectivity index (χ0n) is 15.9. The highest BCUT2D eigenvalue weighted by molar-refractivity contribution is 7.98. The Hall–Kier alpha value is -2.68. The first-order chi connectivity index (χ1) is 13.2. The fraction of sp³-hybridized carbons (Fsp3) is 0.421. The third-order valence-electron chi connectivity index (χ3n) is 5.08. The summed E-state index contributed by atoms with van der Waals surface area (Å²) < 4.78 is 1.77. The third kappa shape index (κ3) is 3.42. The minimum atomic E-state index is -0.401. The van der Waals surface area contributed by atoms with E-state index in [2.05, 4.69) is 35.3 Å². The lowest BCUT2D eigenvalue weighted by Gasteiger charge is -2.38. The largest absolute Gasteiger partial charge is 0.328 e. The molecule has 2 aliphatic rings. The van der Waals surface area contributed by atoms with Crippen molar-refractivity contribution in [3.63, 3.8) is 0 Å². The number of nitrogens with zero attached hydrogens (tertiary/aromatic N) is 4. The first-order valence-corrected chi connectivity index (χ1v) is 10.1. The van der Waals surface area contributed by atoms with Crippen molar-refractivity contribution in [3.8, 4) is 0 Å². The molecule has 0 amide bonds. The van der Waals surface area contributed by atoms with Gasteiger partial charge in [0.05, 0.1) is 16.9 Å². The maximum atomic E-state index is 12.7. The molecule has 0 bridgehead atoms. The van der Waals surface area contributed by atoms with Crippen molar-refractivity contribution in [1.82, 2.24) is 14.8 Å². The monoisotopic (exact) mass is 399 g/mol. The lowest BCUT2D eigenvalue weighted by atomic mass is 9.73. The van der Waals surface area contributed by atoms with Gasteiger partial charge in [0.15, 0.2) is 0 Å². The lowest BCUT2D eigenvalue weighted by Crippen LogP contribution is -2.40. The van der Waals surface area contributed by atoms with Gasteiger partial charge in [-0.05, 0) is 17.9 Å². The molecule has 1 aromatic heterocycles. The van der Waals surface area contributed by atoms with Crippen LogP contribution in [0.25, 0.3) is 0 Å². The number of carbonyl (C=O) groups excluding carboxylic acids is 1. The van der Waals surface area contributed by atoms with Gasteiger partial charge in [-0.2, -0.15) is 4.98 Å². The van der Waals surface area contributed by atoms with Gasteiger partial charge in [-0.1, -0.05) is 43.8 Å². The van der Waals surface area contributed by atoms with E-state index in [1.165, 1.54) is 17.8 Å². The van der Waals surface area contributed by atoms with E-state index in [4.69, 9.17) is 0 Å². The van der Waals surface area contributed by atoms with Crippen LogP contribution in [0.5, 0.6) is 0 Å². The SMILES string of the molecule is C[C@H]1[C@@H]2C(=O)CC(C)(C)C=C2Nc2nc(SCc3cccc([N+](=O)[O-])c3)nn21. The standard InChI is InChI=1S/C19H21N5O3S/c1-11-16-14(8-19(2,3)9-15(16)25)20-17-21-18(22-23(11)17)28-10-12-5-4-6-13(7-12)24(26)27/h4-8,11,16H,9-10H2,1-3H3,(H,20,21,22)/t11-,16-/m0/s1. The zero-order valence-corrected chi connectivity index (χ0v) is 16.7. The van der Waals surface area contributed by atoms with Gasteiger partial charge in [0.1, 0.15) is 5.78 Å². The second-order valence-corrected chi connectivity index (χ2v) is 8.90. The Balaban J connectivity index is 1.55. The van der Waals surface area contributed by atoms with Gasteiger partial charge in [0, 0.05) is 30.0 Å². The van der Waals surface area contributed by atoms with E-state index in [-0.39, 0.29) is 28.8 Å². The number of rotatable bonds is 4. The van der Waals surface area contributed by atoms with Crippen molar-refractivity contribution in [2.24, 2.45) is 11.3 Å². The van der Waals surface area contributed by atoms with Gasteiger partial charge in [-0.3, -0.25) is 14.9 Å². The zero-order chi connectivity index (χ0) is 20.1. The molecule has 28 heavy (non-hydrogen) atoms. The molecule has 4 rings (SSSR count).